The number of carbonyl (C=O) groups excluding carboxylic acids is 2. The molecule has 2 amide bonds. The maximum absolute atomic E-state index is 13.5. The molecular weight excluding hydrogens is 444 g/mol. The average molecular weight is 479 g/mol. The van der Waals surface area contributed by atoms with Crippen LogP contribution in [0.15, 0.2) is 72.1 Å². The number of hydrogen-bond acceptors (Lipinski definition) is 4. The van der Waals surface area contributed by atoms with Crippen LogP contribution in [0.25, 0.3) is 11.1 Å². The number of rotatable bonds is 8. The minimum atomic E-state index is -0.661. The van der Waals surface area contributed by atoms with E-state index in [-0.39, 0.29) is 5.91 Å². The van der Waals surface area contributed by atoms with E-state index in [4.69, 9.17) is 4.74 Å². The molecular formula is C28H34N2O3S. The van der Waals surface area contributed by atoms with Crippen LogP contribution in [0.1, 0.15) is 31.2 Å². The summed E-state index contributed by atoms with van der Waals surface area (Å²) >= 11 is 1.68. The van der Waals surface area contributed by atoms with Gasteiger partial charge in [0.1, 0.15) is 11.6 Å². The molecule has 2 aromatic carbocycles. The van der Waals surface area contributed by atoms with Gasteiger partial charge in [-0.3, -0.25) is 9.69 Å². The van der Waals surface area contributed by atoms with Crippen LogP contribution in [0.3, 0.4) is 0 Å². The van der Waals surface area contributed by atoms with Gasteiger partial charge < -0.3 is 9.64 Å². The molecule has 5 nitrogen and oxygen atoms in total. The molecule has 6 heteroatoms. The van der Waals surface area contributed by atoms with Gasteiger partial charge in [0, 0.05) is 31.9 Å². The van der Waals surface area contributed by atoms with Crippen LogP contribution in [0.2, 0.25) is 0 Å². The summed E-state index contributed by atoms with van der Waals surface area (Å²) < 4.78 is 5.56. The fraction of sp³-hybridized carbons (Fsp3) is 0.357. The smallest absolute Gasteiger partial charge is 0.410 e. The van der Waals surface area contributed by atoms with Crippen LogP contribution in [0.5, 0.6) is 0 Å². The molecule has 0 unspecified atom stereocenters. The van der Waals surface area contributed by atoms with Crippen molar-refractivity contribution in [2.45, 2.75) is 45.3 Å². The van der Waals surface area contributed by atoms with E-state index >= 15 is 0 Å². The summed E-state index contributed by atoms with van der Waals surface area (Å²) in [6.45, 7) is 6.06. The Morgan fingerprint density at radius 2 is 1.56 bits per heavy atom. The topological polar surface area (TPSA) is 49.9 Å². The Bertz CT molecular complexity index is 1060. The van der Waals surface area contributed by atoms with Crippen LogP contribution in [-0.2, 0) is 22.4 Å². The molecule has 0 saturated carbocycles. The van der Waals surface area contributed by atoms with Crippen molar-refractivity contribution in [1.82, 2.24) is 9.80 Å². The van der Waals surface area contributed by atoms with Crippen molar-refractivity contribution in [3.8, 4) is 11.1 Å². The summed E-state index contributed by atoms with van der Waals surface area (Å²) in [4.78, 5) is 30.7. The number of thiophene rings is 1. The highest BCUT2D eigenvalue weighted by Gasteiger charge is 2.32. The number of amides is 2. The molecule has 180 valence electrons. The fourth-order valence-corrected chi connectivity index (χ4v) is 4.33. The lowest BCUT2D eigenvalue weighted by Gasteiger charge is -2.32. The molecule has 3 rings (SSSR count). The summed E-state index contributed by atoms with van der Waals surface area (Å²) in [6.07, 6.45) is 0.695. The average Bonchev–Trinajstić information content (AvgIpc) is 3.34. The van der Waals surface area contributed by atoms with Gasteiger partial charge in [-0.05, 0) is 55.3 Å². The van der Waals surface area contributed by atoms with E-state index in [1.54, 1.807) is 30.3 Å². The fourth-order valence-electron chi connectivity index (χ4n) is 3.64. The molecule has 1 heterocycles. The zero-order chi connectivity index (χ0) is 24.7. The molecule has 0 fully saturated rings. The molecule has 34 heavy (non-hydrogen) atoms. The lowest BCUT2D eigenvalue weighted by atomic mass is 9.99. The van der Waals surface area contributed by atoms with Crippen molar-refractivity contribution in [1.29, 1.82) is 0 Å². The summed E-state index contributed by atoms with van der Waals surface area (Å²) in [6, 6.07) is 21.7. The predicted octanol–water partition coefficient (Wildman–Crippen LogP) is 5.89. The first-order valence-corrected chi connectivity index (χ1v) is 12.4. The second kappa shape index (κ2) is 11.3. The van der Waals surface area contributed by atoms with Crippen LogP contribution < -0.4 is 0 Å². The summed E-state index contributed by atoms with van der Waals surface area (Å²) in [5.41, 5.74) is 2.60. The molecule has 0 saturated heterocycles. The number of nitrogens with zero attached hydrogens (tertiary/aromatic N) is 2. The number of likely N-dealkylation sites (N-methyl/N-ethyl adjacent to an activating group) is 2. The van der Waals surface area contributed by atoms with Crippen molar-refractivity contribution in [2.24, 2.45) is 0 Å². The van der Waals surface area contributed by atoms with Crippen molar-refractivity contribution < 1.29 is 14.3 Å². The van der Waals surface area contributed by atoms with Crippen molar-refractivity contribution in [2.75, 3.05) is 20.6 Å². The van der Waals surface area contributed by atoms with Crippen molar-refractivity contribution >= 4 is 23.3 Å². The molecule has 3 aromatic rings. The minimum Gasteiger partial charge on any atom is -0.444 e. The van der Waals surface area contributed by atoms with Gasteiger partial charge in [0.15, 0.2) is 0 Å². The van der Waals surface area contributed by atoms with E-state index in [1.807, 2.05) is 62.5 Å². The van der Waals surface area contributed by atoms with E-state index in [0.29, 0.717) is 13.0 Å². The van der Waals surface area contributed by atoms with E-state index in [2.05, 4.69) is 30.3 Å². The molecule has 0 N–H and O–H groups in total. The summed E-state index contributed by atoms with van der Waals surface area (Å²) in [5.74, 6) is -0.1000. The van der Waals surface area contributed by atoms with Gasteiger partial charge in [0.05, 0.1) is 0 Å². The predicted molar refractivity (Wildman–Crippen MR) is 139 cm³/mol. The third-order valence-electron chi connectivity index (χ3n) is 5.57. The Morgan fingerprint density at radius 1 is 0.912 bits per heavy atom. The maximum Gasteiger partial charge on any atom is 0.410 e. The highest BCUT2D eigenvalue weighted by molar-refractivity contribution is 7.09. The Kier molecular flexibility index (Phi) is 8.51. The molecule has 1 aromatic heterocycles. The zero-order valence-corrected chi connectivity index (χ0v) is 21.5. The first-order chi connectivity index (χ1) is 16.1. The Labute approximate surface area is 207 Å². The van der Waals surface area contributed by atoms with E-state index in [1.165, 1.54) is 9.78 Å². The molecule has 1 atom stereocenters. The molecule has 0 aliphatic heterocycles. The van der Waals surface area contributed by atoms with E-state index in [9.17, 15) is 9.59 Å². The highest BCUT2D eigenvalue weighted by Crippen LogP contribution is 2.21. The lowest BCUT2D eigenvalue weighted by Crippen LogP contribution is -2.51. The molecule has 0 radical (unpaired) electrons. The van der Waals surface area contributed by atoms with Gasteiger partial charge in [-0.15, -0.1) is 11.3 Å². The van der Waals surface area contributed by atoms with Crippen molar-refractivity contribution in [3.05, 3.63) is 82.6 Å². The van der Waals surface area contributed by atoms with E-state index < -0.39 is 17.7 Å². The lowest BCUT2D eigenvalue weighted by molar-refractivity contribution is -0.135. The van der Waals surface area contributed by atoms with Gasteiger partial charge in [-0.25, -0.2) is 4.79 Å². The van der Waals surface area contributed by atoms with Crippen LogP contribution in [0.4, 0.5) is 4.79 Å². The largest absolute Gasteiger partial charge is 0.444 e. The first-order valence-electron chi connectivity index (χ1n) is 11.5. The van der Waals surface area contributed by atoms with Gasteiger partial charge in [0.2, 0.25) is 5.91 Å². The first kappa shape index (κ1) is 25.5. The summed E-state index contributed by atoms with van der Waals surface area (Å²) in [5, 5.41) is 2.04. The zero-order valence-electron chi connectivity index (χ0n) is 20.7. The number of carbonyl (C=O) groups is 2. The Morgan fingerprint density at radius 3 is 2.15 bits per heavy atom. The molecule has 0 spiro atoms. The second-order valence-electron chi connectivity index (χ2n) is 9.46. The third-order valence-corrected chi connectivity index (χ3v) is 6.51. The van der Waals surface area contributed by atoms with Gasteiger partial charge in [0.25, 0.3) is 0 Å². The van der Waals surface area contributed by atoms with Crippen LogP contribution in [-0.4, -0.2) is 54.1 Å². The molecule has 0 aliphatic rings. The van der Waals surface area contributed by atoms with Gasteiger partial charge in [-0.1, -0.05) is 60.7 Å². The number of benzene rings is 2. The van der Waals surface area contributed by atoms with E-state index in [0.717, 1.165) is 23.1 Å². The Hall–Kier alpha value is -3.12. The Balaban J connectivity index is 1.77. The third kappa shape index (κ3) is 7.19. The quantitative estimate of drug-likeness (QED) is 0.405. The SMILES string of the molecule is CN(CCc1cccs1)C(=O)[C@@H](Cc1ccc(-c2ccccc2)cc1)N(C)C(=O)OC(C)(C)C. The number of hydrogen-bond donors (Lipinski definition) is 0. The normalized spacial score (nSPS) is 12.1. The van der Waals surface area contributed by atoms with Crippen LogP contribution >= 0.6 is 11.3 Å². The van der Waals surface area contributed by atoms with Gasteiger partial charge >= 0.3 is 6.09 Å². The minimum absolute atomic E-state index is 0.1000. The molecule has 0 bridgehead atoms. The monoisotopic (exact) mass is 478 g/mol. The van der Waals surface area contributed by atoms with Gasteiger partial charge in [-0.2, -0.15) is 0 Å². The number of ether oxygens (including phenoxy) is 1. The van der Waals surface area contributed by atoms with Crippen LogP contribution in [0, 0.1) is 0 Å². The molecule has 0 aliphatic carbocycles. The summed E-state index contributed by atoms with van der Waals surface area (Å²) in [7, 11) is 3.44. The standard InChI is InChI=1S/C28H34N2O3S/c1-28(2,3)33-27(32)30(5)25(26(31)29(4)18-17-24-12-9-19-34-24)20-21-13-15-23(16-14-21)22-10-7-6-8-11-22/h6-16,19,25H,17-18,20H2,1-5H3/t25-/m1/s1. The maximum atomic E-state index is 13.5. The second-order valence-corrected chi connectivity index (χ2v) is 10.5. The van der Waals surface area contributed by atoms with Crippen molar-refractivity contribution in [3.63, 3.8) is 0 Å². The highest BCUT2D eigenvalue weighted by atomic mass is 32.1.